The highest BCUT2D eigenvalue weighted by atomic mass is 16.5. The number of rotatable bonds is 3. The largest absolute Gasteiger partial charge is 0.483 e. The molecule has 1 heterocycles. The van der Waals surface area contributed by atoms with E-state index in [1.54, 1.807) is 0 Å². The van der Waals surface area contributed by atoms with Crippen LogP contribution in [0.25, 0.3) is 0 Å². The zero-order chi connectivity index (χ0) is 9.68. The van der Waals surface area contributed by atoms with Gasteiger partial charge in [-0.3, -0.25) is 0 Å². The fourth-order valence-corrected chi connectivity index (χ4v) is 0.646. The van der Waals surface area contributed by atoms with E-state index in [2.05, 4.69) is 14.7 Å². The number of hydrogen-bond donors (Lipinski definition) is 1. The Balaban J connectivity index is 2.84. The fourth-order valence-electron chi connectivity index (χ4n) is 0.646. The van der Waals surface area contributed by atoms with Crippen LogP contribution in [0.1, 0.15) is 12.5 Å². The van der Waals surface area contributed by atoms with Crippen molar-refractivity contribution >= 4 is 18.1 Å². The number of nitrogen functional groups attached to an aromatic ring is 1. The minimum Gasteiger partial charge on any atom is -0.483 e. The molecule has 0 aliphatic heterocycles. The molecule has 0 aliphatic rings. The number of nitrogens with two attached hydrogens (primary N) is 1. The van der Waals surface area contributed by atoms with Gasteiger partial charge in [0.15, 0.2) is 17.8 Å². The highest BCUT2D eigenvalue weighted by Gasteiger charge is 2.11. The van der Waals surface area contributed by atoms with Gasteiger partial charge in [-0.15, -0.1) is 0 Å². The molecule has 0 radical (unpaired) electrons. The topological polar surface area (TPSA) is 97.4 Å². The van der Waals surface area contributed by atoms with E-state index in [-0.39, 0.29) is 17.3 Å². The molecule has 1 aromatic rings. The first kappa shape index (κ1) is 9.06. The molecule has 0 fully saturated rings. The number of nitriles is 1. The fraction of sp³-hybridized carbons (Fsp3) is 0.286. The third-order valence-electron chi connectivity index (χ3n) is 1.22. The first-order chi connectivity index (χ1) is 6.29. The Morgan fingerprint density at radius 2 is 2.62 bits per heavy atom. The van der Waals surface area contributed by atoms with Crippen LogP contribution in [-0.4, -0.2) is 18.2 Å². The first-order valence-corrected chi connectivity index (χ1v) is 3.59. The highest BCUT2D eigenvalue weighted by Crippen LogP contribution is 2.22. The number of aromatic nitrogens is 1. The molecule has 0 unspecified atom stereocenters. The molecule has 6 heteroatoms. The van der Waals surface area contributed by atoms with Crippen molar-refractivity contribution in [2.45, 2.75) is 6.92 Å². The molecule has 0 saturated carbocycles. The zero-order valence-electron chi connectivity index (χ0n) is 7.02. The predicted octanol–water partition coefficient (Wildman–Crippen LogP) is 0.825. The van der Waals surface area contributed by atoms with Gasteiger partial charge in [-0.25, -0.2) is 0 Å². The molecule has 0 amide bonds. The second-order valence-corrected chi connectivity index (χ2v) is 2.05. The quantitative estimate of drug-likeness (QED) is 0.548. The van der Waals surface area contributed by atoms with Crippen molar-refractivity contribution in [3.8, 4) is 6.07 Å². The molecule has 68 valence electrons. The summed E-state index contributed by atoms with van der Waals surface area (Å²) in [6, 6.07) is 1.82. The molecular formula is C7H8N4O2. The average molecular weight is 180 g/mol. The van der Waals surface area contributed by atoms with Crippen LogP contribution in [0.2, 0.25) is 0 Å². The van der Waals surface area contributed by atoms with Gasteiger partial charge in [0.1, 0.15) is 6.07 Å². The normalized spacial score (nSPS) is 10.2. The third kappa shape index (κ3) is 1.96. The van der Waals surface area contributed by atoms with Gasteiger partial charge in [-0.05, 0) is 6.92 Å². The van der Waals surface area contributed by atoms with Crippen LogP contribution < -0.4 is 5.73 Å². The van der Waals surface area contributed by atoms with Crippen LogP contribution in [0, 0.1) is 11.3 Å². The zero-order valence-corrected chi connectivity index (χ0v) is 7.02. The number of anilines is 1. The molecule has 0 aliphatic carbocycles. The van der Waals surface area contributed by atoms with Gasteiger partial charge in [0.2, 0.25) is 0 Å². The molecule has 0 spiro atoms. The summed E-state index contributed by atoms with van der Waals surface area (Å²) in [6.07, 6.45) is 1.18. The lowest BCUT2D eigenvalue weighted by molar-refractivity contribution is 0.342. The summed E-state index contributed by atoms with van der Waals surface area (Å²) in [4.78, 5) is 3.71. The van der Waals surface area contributed by atoms with Crippen LogP contribution in [0.15, 0.2) is 9.52 Å². The Hall–Kier alpha value is -2.03. The van der Waals surface area contributed by atoms with Crippen molar-refractivity contribution in [1.29, 1.82) is 5.26 Å². The lowest BCUT2D eigenvalue weighted by Crippen LogP contribution is -1.87. The van der Waals surface area contributed by atoms with E-state index in [0.717, 1.165) is 0 Å². The van der Waals surface area contributed by atoms with Crippen molar-refractivity contribution in [1.82, 2.24) is 5.16 Å². The summed E-state index contributed by atoms with van der Waals surface area (Å²) in [6.45, 7) is 2.31. The molecular weight excluding hydrogens is 172 g/mol. The van der Waals surface area contributed by atoms with Crippen molar-refractivity contribution in [3.05, 3.63) is 5.56 Å². The van der Waals surface area contributed by atoms with E-state index >= 15 is 0 Å². The lowest BCUT2D eigenvalue weighted by Gasteiger charge is -1.89. The first-order valence-electron chi connectivity index (χ1n) is 3.59. The van der Waals surface area contributed by atoms with E-state index < -0.39 is 0 Å². The van der Waals surface area contributed by atoms with Crippen LogP contribution in [0.5, 0.6) is 0 Å². The summed E-state index contributed by atoms with van der Waals surface area (Å²) in [5, 5.41) is 12.0. The second kappa shape index (κ2) is 4.11. The lowest BCUT2D eigenvalue weighted by atomic mass is 10.3. The maximum atomic E-state index is 8.60. The highest BCUT2D eigenvalue weighted by molar-refractivity contribution is 5.63. The standard InChI is InChI=1S/C7H8N4O2/c1-2-12-4-10-7-5(3-8)6(9)11-13-7/h4H,2H2,1H3,(H2,9,11). The Labute approximate surface area is 74.6 Å². The Morgan fingerprint density at radius 3 is 3.23 bits per heavy atom. The molecule has 1 aromatic heterocycles. The Kier molecular flexibility index (Phi) is 2.87. The Morgan fingerprint density at radius 1 is 1.85 bits per heavy atom. The molecule has 1 rings (SSSR count). The number of hydrogen-bond acceptors (Lipinski definition) is 6. The van der Waals surface area contributed by atoms with Crippen molar-refractivity contribution in [2.75, 3.05) is 12.3 Å². The minimum atomic E-state index is 0.0335. The van der Waals surface area contributed by atoms with Crippen LogP contribution in [0.4, 0.5) is 11.7 Å². The molecule has 0 aromatic carbocycles. The van der Waals surface area contributed by atoms with Crippen LogP contribution in [-0.2, 0) is 4.74 Å². The maximum absolute atomic E-state index is 8.60. The summed E-state index contributed by atoms with van der Waals surface area (Å²) in [7, 11) is 0. The van der Waals surface area contributed by atoms with Crippen LogP contribution >= 0.6 is 0 Å². The van der Waals surface area contributed by atoms with Gasteiger partial charge >= 0.3 is 0 Å². The van der Waals surface area contributed by atoms with Gasteiger partial charge < -0.3 is 15.0 Å². The second-order valence-electron chi connectivity index (χ2n) is 2.05. The van der Waals surface area contributed by atoms with E-state index in [1.807, 2.05) is 13.0 Å². The molecule has 0 atom stereocenters. The maximum Gasteiger partial charge on any atom is 0.273 e. The monoisotopic (exact) mass is 180 g/mol. The van der Waals surface area contributed by atoms with E-state index in [1.165, 1.54) is 6.40 Å². The minimum absolute atomic E-state index is 0.0335. The predicted molar refractivity (Wildman–Crippen MR) is 45.4 cm³/mol. The molecule has 2 N–H and O–H groups in total. The summed E-state index contributed by atoms with van der Waals surface area (Å²) in [5.41, 5.74) is 5.44. The Bertz CT molecular complexity index is 350. The smallest absolute Gasteiger partial charge is 0.273 e. The third-order valence-corrected chi connectivity index (χ3v) is 1.22. The average Bonchev–Trinajstić information content (AvgIpc) is 2.47. The number of aliphatic imine (C=N–C) groups is 1. The van der Waals surface area contributed by atoms with Crippen molar-refractivity contribution < 1.29 is 9.26 Å². The van der Waals surface area contributed by atoms with Gasteiger partial charge in [-0.2, -0.15) is 10.3 Å². The van der Waals surface area contributed by atoms with E-state index in [0.29, 0.717) is 6.61 Å². The van der Waals surface area contributed by atoms with Crippen LogP contribution in [0.3, 0.4) is 0 Å². The van der Waals surface area contributed by atoms with Gasteiger partial charge in [0, 0.05) is 0 Å². The van der Waals surface area contributed by atoms with E-state index in [4.69, 9.17) is 15.7 Å². The van der Waals surface area contributed by atoms with Gasteiger partial charge in [0.05, 0.1) is 6.61 Å². The number of ether oxygens (including phenoxy) is 1. The molecule has 6 nitrogen and oxygen atoms in total. The number of nitrogens with zero attached hydrogens (tertiary/aromatic N) is 3. The molecule has 13 heavy (non-hydrogen) atoms. The summed E-state index contributed by atoms with van der Waals surface area (Å²) >= 11 is 0. The molecule has 0 bridgehead atoms. The van der Waals surface area contributed by atoms with E-state index in [9.17, 15) is 0 Å². The van der Waals surface area contributed by atoms with Gasteiger partial charge in [-0.1, -0.05) is 5.16 Å². The summed E-state index contributed by atoms with van der Waals surface area (Å²) < 4.78 is 9.47. The molecule has 0 saturated heterocycles. The van der Waals surface area contributed by atoms with Crippen molar-refractivity contribution in [3.63, 3.8) is 0 Å². The van der Waals surface area contributed by atoms with Gasteiger partial charge in [0.25, 0.3) is 5.88 Å². The van der Waals surface area contributed by atoms with Crippen molar-refractivity contribution in [2.24, 2.45) is 4.99 Å². The SMILES string of the molecule is CCOC=Nc1onc(N)c1C#N. The summed E-state index contributed by atoms with van der Waals surface area (Å²) in [5.74, 6) is 0.0969.